The molecule has 0 bridgehead atoms. The number of benzene rings is 2. The highest BCUT2D eigenvalue weighted by Gasteiger charge is 2.08. The normalized spacial score (nSPS) is 10.7. The van der Waals surface area contributed by atoms with Crippen molar-refractivity contribution in [3.05, 3.63) is 65.3 Å². The zero-order valence-electron chi connectivity index (χ0n) is 10.6. The molecule has 0 radical (unpaired) electrons. The van der Waals surface area contributed by atoms with E-state index < -0.39 is 0 Å². The van der Waals surface area contributed by atoms with Gasteiger partial charge in [0.05, 0.1) is 6.61 Å². The van der Waals surface area contributed by atoms with Crippen LogP contribution in [0.4, 0.5) is 0 Å². The van der Waals surface area contributed by atoms with E-state index in [4.69, 9.17) is 16.3 Å². The number of ether oxygens (including phenoxy) is 1. The number of halogens is 1. The average Bonchev–Trinajstić information content (AvgIpc) is 2.48. The quantitative estimate of drug-likeness (QED) is 0.785. The van der Waals surface area contributed by atoms with Gasteiger partial charge in [0, 0.05) is 22.2 Å². The molecule has 0 aliphatic heterocycles. The van der Waals surface area contributed by atoms with Crippen LogP contribution in [0.25, 0.3) is 10.9 Å². The molecule has 0 saturated carbocycles. The van der Waals surface area contributed by atoms with Gasteiger partial charge in [-0.1, -0.05) is 35.9 Å². The molecule has 0 spiro atoms. The van der Waals surface area contributed by atoms with E-state index in [2.05, 4.69) is 4.98 Å². The number of nitrogens with zero attached hydrogens (tertiary/aromatic N) is 1. The molecule has 0 aliphatic rings. The molecule has 3 rings (SSSR count). The largest absolute Gasteiger partial charge is 0.455 e. The van der Waals surface area contributed by atoms with E-state index in [9.17, 15) is 5.11 Å². The molecule has 0 fully saturated rings. The van der Waals surface area contributed by atoms with Crippen molar-refractivity contribution >= 4 is 22.5 Å². The minimum atomic E-state index is -0.106. The second kappa shape index (κ2) is 5.49. The van der Waals surface area contributed by atoms with Crippen LogP contribution >= 0.6 is 11.6 Å². The lowest BCUT2D eigenvalue weighted by Crippen LogP contribution is -1.93. The molecule has 0 atom stereocenters. The maximum absolute atomic E-state index is 9.36. The van der Waals surface area contributed by atoms with Crippen molar-refractivity contribution in [1.82, 2.24) is 4.98 Å². The number of para-hydroxylation sites is 1. The maximum Gasteiger partial charge on any atom is 0.153 e. The van der Waals surface area contributed by atoms with Gasteiger partial charge in [0.15, 0.2) is 5.75 Å². The summed E-state index contributed by atoms with van der Waals surface area (Å²) in [5.74, 6) is 1.18. The third-order valence-corrected chi connectivity index (χ3v) is 3.25. The third-order valence-electron chi connectivity index (χ3n) is 3.02. The first-order valence-corrected chi connectivity index (χ1v) is 6.56. The van der Waals surface area contributed by atoms with E-state index in [1.54, 1.807) is 24.4 Å². The van der Waals surface area contributed by atoms with Gasteiger partial charge < -0.3 is 9.84 Å². The van der Waals surface area contributed by atoms with Crippen LogP contribution in [-0.2, 0) is 6.61 Å². The van der Waals surface area contributed by atoms with Crippen LogP contribution in [0, 0.1) is 0 Å². The molecule has 4 heteroatoms. The van der Waals surface area contributed by atoms with Gasteiger partial charge in [-0.05, 0) is 24.3 Å². The first kappa shape index (κ1) is 12.9. The number of hydrogen-bond acceptors (Lipinski definition) is 3. The van der Waals surface area contributed by atoms with Crippen molar-refractivity contribution in [3.8, 4) is 11.5 Å². The molecule has 0 saturated heterocycles. The molecule has 0 aliphatic carbocycles. The summed E-state index contributed by atoms with van der Waals surface area (Å²) in [5.41, 5.74) is 1.46. The fourth-order valence-corrected chi connectivity index (χ4v) is 2.19. The summed E-state index contributed by atoms with van der Waals surface area (Å²) < 4.78 is 5.89. The summed E-state index contributed by atoms with van der Waals surface area (Å²) in [4.78, 5) is 4.33. The van der Waals surface area contributed by atoms with Gasteiger partial charge in [0.1, 0.15) is 11.3 Å². The Morgan fingerprint density at radius 2 is 1.90 bits per heavy atom. The highest BCUT2D eigenvalue weighted by atomic mass is 35.5. The van der Waals surface area contributed by atoms with Crippen molar-refractivity contribution in [1.29, 1.82) is 0 Å². The number of hydrogen-bond donors (Lipinski definition) is 1. The second-order valence-corrected chi connectivity index (χ2v) is 4.78. The summed E-state index contributed by atoms with van der Waals surface area (Å²) in [6, 6.07) is 14.7. The average molecular weight is 286 g/mol. The first-order valence-electron chi connectivity index (χ1n) is 6.19. The van der Waals surface area contributed by atoms with Crippen LogP contribution in [0.1, 0.15) is 5.56 Å². The smallest absolute Gasteiger partial charge is 0.153 e. The predicted octanol–water partition coefficient (Wildman–Crippen LogP) is 4.17. The van der Waals surface area contributed by atoms with Gasteiger partial charge >= 0.3 is 0 Å². The summed E-state index contributed by atoms with van der Waals surface area (Å²) in [6.07, 6.45) is 1.72. The van der Waals surface area contributed by atoms with Gasteiger partial charge in [0.2, 0.25) is 0 Å². The summed E-state index contributed by atoms with van der Waals surface area (Å²) in [6.45, 7) is -0.106. The predicted molar refractivity (Wildman–Crippen MR) is 79.2 cm³/mol. The molecular weight excluding hydrogens is 274 g/mol. The van der Waals surface area contributed by atoms with Crippen LogP contribution in [-0.4, -0.2) is 10.1 Å². The van der Waals surface area contributed by atoms with Crippen molar-refractivity contribution in [2.24, 2.45) is 0 Å². The highest BCUT2D eigenvalue weighted by Crippen LogP contribution is 2.32. The highest BCUT2D eigenvalue weighted by molar-refractivity contribution is 6.30. The minimum Gasteiger partial charge on any atom is -0.455 e. The summed E-state index contributed by atoms with van der Waals surface area (Å²) in [7, 11) is 0. The van der Waals surface area contributed by atoms with Gasteiger partial charge in [-0.25, -0.2) is 0 Å². The van der Waals surface area contributed by atoms with Crippen molar-refractivity contribution < 1.29 is 9.84 Å². The molecule has 3 nitrogen and oxygen atoms in total. The Labute approximate surface area is 121 Å². The first-order chi connectivity index (χ1) is 9.78. The van der Waals surface area contributed by atoms with Gasteiger partial charge in [-0.15, -0.1) is 0 Å². The lowest BCUT2D eigenvalue weighted by Gasteiger charge is -2.11. The van der Waals surface area contributed by atoms with Crippen LogP contribution in [0.5, 0.6) is 11.5 Å². The number of aliphatic hydroxyl groups is 1. The topological polar surface area (TPSA) is 42.4 Å². The monoisotopic (exact) mass is 285 g/mol. The number of rotatable bonds is 3. The molecule has 100 valence electrons. The molecule has 20 heavy (non-hydrogen) atoms. The Balaban J connectivity index is 2.07. The number of fused-ring (bicyclic) bond motifs is 1. The Hall–Kier alpha value is -2.10. The molecule has 1 heterocycles. The molecular formula is C16H12ClNO2. The SMILES string of the molecule is OCc1ccc(Cl)cc1Oc1cccc2cccnc12. The molecule has 3 aromatic rings. The van der Waals surface area contributed by atoms with E-state index in [1.165, 1.54) is 0 Å². The Morgan fingerprint density at radius 1 is 1.05 bits per heavy atom. The van der Waals surface area contributed by atoms with Crippen LogP contribution in [0.2, 0.25) is 5.02 Å². The second-order valence-electron chi connectivity index (χ2n) is 4.34. The number of aromatic nitrogens is 1. The molecule has 0 amide bonds. The maximum atomic E-state index is 9.36. The zero-order chi connectivity index (χ0) is 13.9. The van der Waals surface area contributed by atoms with E-state index in [1.807, 2.05) is 30.3 Å². The van der Waals surface area contributed by atoms with Gasteiger partial charge in [-0.2, -0.15) is 0 Å². The fraction of sp³-hybridized carbons (Fsp3) is 0.0625. The third kappa shape index (κ3) is 2.46. The van der Waals surface area contributed by atoms with Gasteiger partial charge in [-0.3, -0.25) is 4.98 Å². The van der Waals surface area contributed by atoms with Crippen LogP contribution < -0.4 is 4.74 Å². The molecule has 1 aromatic heterocycles. The van der Waals surface area contributed by atoms with E-state index in [-0.39, 0.29) is 6.61 Å². The Kier molecular flexibility index (Phi) is 3.54. The minimum absolute atomic E-state index is 0.106. The summed E-state index contributed by atoms with van der Waals surface area (Å²) in [5, 5.41) is 10.9. The lowest BCUT2D eigenvalue weighted by atomic mass is 10.2. The zero-order valence-corrected chi connectivity index (χ0v) is 11.3. The molecule has 1 N–H and O–H groups in total. The standard InChI is InChI=1S/C16H12ClNO2/c17-13-7-6-12(10-19)15(9-13)20-14-5-1-3-11-4-2-8-18-16(11)14/h1-9,19H,10H2. The van der Waals surface area contributed by atoms with E-state index in [0.29, 0.717) is 22.1 Å². The Bertz CT molecular complexity index is 753. The lowest BCUT2D eigenvalue weighted by molar-refractivity contribution is 0.276. The van der Waals surface area contributed by atoms with Crippen LogP contribution in [0.15, 0.2) is 54.7 Å². The number of pyridine rings is 1. The summed E-state index contributed by atoms with van der Waals surface area (Å²) >= 11 is 5.98. The van der Waals surface area contributed by atoms with E-state index in [0.717, 1.165) is 10.9 Å². The van der Waals surface area contributed by atoms with Crippen molar-refractivity contribution in [2.45, 2.75) is 6.61 Å². The van der Waals surface area contributed by atoms with E-state index >= 15 is 0 Å². The van der Waals surface area contributed by atoms with Gasteiger partial charge in [0.25, 0.3) is 0 Å². The van der Waals surface area contributed by atoms with Crippen LogP contribution in [0.3, 0.4) is 0 Å². The van der Waals surface area contributed by atoms with Crippen molar-refractivity contribution in [3.63, 3.8) is 0 Å². The Morgan fingerprint density at radius 3 is 2.75 bits per heavy atom. The molecule has 0 unspecified atom stereocenters. The van der Waals surface area contributed by atoms with Crippen molar-refractivity contribution in [2.75, 3.05) is 0 Å². The number of aliphatic hydroxyl groups excluding tert-OH is 1. The fourth-order valence-electron chi connectivity index (χ4n) is 2.03. The molecule has 2 aromatic carbocycles.